The molecule has 0 fully saturated rings. The zero-order chi connectivity index (χ0) is 23.2. The van der Waals surface area contributed by atoms with Gasteiger partial charge in [0.2, 0.25) is 5.91 Å². The van der Waals surface area contributed by atoms with E-state index in [2.05, 4.69) is 48.0 Å². The van der Waals surface area contributed by atoms with Gasteiger partial charge in [0.05, 0.1) is 24.0 Å². The van der Waals surface area contributed by atoms with Crippen molar-refractivity contribution in [2.45, 2.75) is 40.2 Å². The fraction of sp³-hybridized carbons (Fsp3) is 0.286. The van der Waals surface area contributed by atoms with Crippen molar-refractivity contribution in [1.82, 2.24) is 14.9 Å². The number of aromatic nitrogens is 2. The van der Waals surface area contributed by atoms with E-state index >= 15 is 0 Å². The van der Waals surface area contributed by atoms with E-state index in [4.69, 9.17) is 9.72 Å². The van der Waals surface area contributed by atoms with Crippen molar-refractivity contribution < 1.29 is 9.53 Å². The van der Waals surface area contributed by atoms with Crippen LogP contribution in [-0.4, -0.2) is 28.6 Å². The predicted molar refractivity (Wildman–Crippen MR) is 133 cm³/mol. The van der Waals surface area contributed by atoms with Crippen LogP contribution in [0.15, 0.2) is 66.7 Å². The lowest BCUT2D eigenvalue weighted by molar-refractivity contribution is -0.120. The van der Waals surface area contributed by atoms with Crippen LogP contribution in [-0.2, 0) is 24.2 Å². The lowest BCUT2D eigenvalue weighted by Crippen LogP contribution is -2.28. The number of imidazole rings is 1. The third kappa shape index (κ3) is 5.61. The highest BCUT2D eigenvalue weighted by molar-refractivity contribution is 5.79. The van der Waals surface area contributed by atoms with Crippen molar-refractivity contribution in [3.63, 3.8) is 0 Å². The number of rotatable bonds is 9. The molecule has 0 bridgehead atoms. The minimum Gasteiger partial charge on any atom is -0.491 e. The minimum absolute atomic E-state index is 0.0326. The number of carbonyl (C=O) groups is 1. The fourth-order valence-electron chi connectivity index (χ4n) is 4.03. The van der Waals surface area contributed by atoms with Gasteiger partial charge in [-0.25, -0.2) is 4.98 Å². The maximum Gasteiger partial charge on any atom is 0.224 e. The Morgan fingerprint density at radius 2 is 1.76 bits per heavy atom. The van der Waals surface area contributed by atoms with E-state index in [9.17, 15) is 4.79 Å². The number of hydrogen-bond acceptors (Lipinski definition) is 3. The molecule has 0 aliphatic rings. The summed E-state index contributed by atoms with van der Waals surface area (Å²) >= 11 is 0. The molecule has 4 rings (SSSR count). The number of nitrogens with zero attached hydrogens (tertiary/aromatic N) is 2. The number of ether oxygens (including phenoxy) is 1. The molecule has 0 aliphatic heterocycles. The van der Waals surface area contributed by atoms with Crippen molar-refractivity contribution in [2.24, 2.45) is 0 Å². The zero-order valence-electron chi connectivity index (χ0n) is 19.6. The lowest BCUT2D eigenvalue weighted by atomic mass is 10.1. The molecule has 5 heteroatoms. The van der Waals surface area contributed by atoms with E-state index < -0.39 is 0 Å². The number of para-hydroxylation sites is 2. The molecule has 170 valence electrons. The molecule has 0 spiro atoms. The Hall–Kier alpha value is -3.60. The summed E-state index contributed by atoms with van der Waals surface area (Å²) in [5, 5.41) is 3.05. The van der Waals surface area contributed by atoms with Gasteiger partial charge in [-0.05, 0) is 61.2 Å². The summed E-state index contributed by atoms with van der Waals surface area (Å²) in [5.74, 6) is 1.91. The fourth-order valence-corrected chi connectivity index (χ4v) is 4.03. The molecule has 0 atom stereocenters. The maximum absolute atomic E-state index is 12.4. The molecule has 5 nitrogen and oxygen atoms in total. The van der Waals surface area contributed by atoms with Crippen molar-refractivity contribution >= 4 is 16.9 Å². The quantitative estimate of drug-likeness (QED) is 0.400. The summed E-state index contributed by atoms with van der Waals surface area (Å²) < 4.78 is 8.30. The van der Waals surface area contributed by atoms with Crippen LogP contribution < -0.4 is 10.1 Å². The first-order valence-corrected chi connectivity index (χ1v) is 11.5. The van der Waals surface area contributed by atoms with Gasteiger partial charge < -0.3 is 14.6 Å². The number of benzene rings is 3. The first kappa shape index (κ1) is 22.6. The van der Waals surface area contributed by atoms with Crippen molar-refractivity contribution in [1.29, 1.82) is 0 Å². The van der Waals surface area contributed by atoms with Crippen molar-refractivity contribution in [3.8, 4) is 5.75 Å². The normalized spacial score (nSPS) is 11.0. The number of fused-ring (bicyclic) bond motifs is 1. The summed E-state index contributed by atoms with van der Waals surface area (Å²) in [5.41, 5.74) is 6.57. The average Bonchev–Trinajstić information content (AvgIpc) is 3.15. The van der Waals surface area contributed by atoms with E-state index in [0.29, 0.717) is 32.5 Å². The Balaban J connectivity index is 1.40. The molecule has 0 radical (unpaired) electrons. The van der Waals surface area contributed by atoms with Crippen LogP contribution in [0.25, 0.3) is 11.0 Å². The van der Waals surface area contributed by atoms with Gasteiger partial charge in [0.15, 0.2) is 0 Å². The number of amides is 1. The number of aryl methyl sites for hydroxylation is 3. The molecule has 0 aliphatic carbocycles. The molecule has 0 unspecified atom stereocenters. The second kappa shape index (κ2) is 10.3. The van der Waals surface area contributed by atoms with Gasteiger partial charge >= 0.3 is 0 Å². The topological polar surface area (TPSA) is 56.1 Å². The van der Waals surface area contributed by atoms with E-state index in [1.54, 1.807) is 0 Å². The summed E-state index contributed by atoms with van der Waals surface area (Å²) in [6, 6.07) is 22.4. The molecule has 0 saturated carbocycles. The second-order valence-corrected chi connectivity index (χ2v) is 8.49. The summed E-state index contributed by atoms with van der Waals surface area (Å²) in [6.07, 6.45) is 1.06. The average molecular weight is 442 g/mol. The molecular formula is C28H31N3O2. The highest BCUT2D eigenvalue weighted by atomic mass is 16.5. The van der Waals surface area contributed by atoms with Gasteiger partial charge in [-0.2, -0.15) is 0 Å². The van der Waals surface area contributed by atoms with Crippen molar-refractivity contribution in [2.75, 3.05) is 13.2 Å². The SMILES string of the molecule is Cc1ccc(C)c(OCCn2c(CCNC(=O)Cc3ccccc3C)nc3ccccc32)c1. The molecule has 1 aromatic heterocycles. The van der Waals surface area contributed by atoms with Crippen LogP contribution in [0.2, 0.25) is 0 Å². The van der Waals surface area contributed by atoms with Crippen LogP contribution in [0.4, 0.5) is 0 Å². The monoisotopic (exact) mass is 441 g/mol. The molecule has 4 aromatic rings. The predicted octanol–water partition coefficient (Wildman–Crippen LogP) is 4.94. The largest absolute Gasteiger partial charge is 0.491 e. The third-order valence-electron chi connectivity index (χ3n) is 5.93. The summed E-state index contributed by atoms with van der Waals surface area (Å²) in [7, 11) is 0. The van der Waals surface area contributed by atoms with Crippen LogP contribution >= 0.6 is 0 Å². The summed E-state index contributed by atoms with van der Waals surface area (Å²) in [6.45, 7) is 7.96. The first-order chi connectivity index (χ1) is 16.0. The smallest absolute Gasteiger partial charge is 0.224 e. The highest BCUT2D eigenvalue weighted by Gasteiger charge is 2.12. The number of nitrogens with one attached hydrogen (secondary N) is 1. The van der Waals surface area contributed by atoms with Crippen LogP contribution in [0.5, 0.6) is 5.75 Å². The molecule has 1 amide bonds. The van der Waals surface area contributed by atoms with Crippen LogP contribution in [0.1, 0.15) is 28.1 Å². The highest BCUT2D eigenvalue weighted by Crippen LogP contribution is 2.20. The minimum atomic E-state index is 0.0326. The Morgan fingerprint density at radius 3 is 2.61 bits per heavy atom. The van der Waals surface area contributed by atoms with Gasteiger partial charge in [0, 0.05) is 13.0 Å². The van der Waals surface area contributed by atoms with E-state index in [-0.39, 0.29) is 5.91 Å². The van der Waals surface area contributed by atoms with E-state index in [1.807, 2.05) is 49.4 Å². The van der Waals surface area contributed by atoms with E-state index in [1.165, 1.54) is 5.56 Å². The molecule has 0 saturated heterocycles. The van der Waals surface area contributed by atoms with Gasteiger partial charge in [-0.3, -0.25) is 4.79 Å². The number of carbonyl (C=O) groups excluding carboxylic acids is 1. The molecule has 1 heterocycles. The van der Waals surface area contributed by atoms with Gasteiger partial charge in [-0.15, -0.1) is 0 Å². The Bertz CT molecular complexity index is 1260. The Labute approximate surface area is 195 Å². The second-order valence-electron chi connectivity index (χ2n) is 8.49. The van der Waals surface area contributed by atoms with E-state index in [0.717, 1.165) is 39.3 Å². The third-order valence-corrected chi connectivity index (χ3v) is 5.93. The maximum atomic E-state index is 12.4. The zero-order valence-corrected chi connectivity index (χ0v) is 19.6. The van der Waals surface area contributed by atoms with Crippen molar-refractivity contribution in [3.05, 3.63) is 94.8 Å². The summed E-state index contributed by atoms with van der Waals surface area (Å²) in [4.78, 5) is 17.3. The Morgan fingerprint density at radius 1 is 0.970 bits per heavy atom. The molecule has 1 N–H and O–H groups in total. The number of hydrogen-bond donors (Lipinski definition) is 1. The van der Waals surface area contributed by atoms with Gasteiger partial charge in [0.25, 0.3) is 0 Å². The lowest BCUT2D eigenvalue weighted by Gasteiger charge is -2.13. The Kier molecular flexibility index (Phi) is 7.08. The van der Waals surface area contributed by atoms with Gasteiger partial charge in [-0.1, -0.05) is 48.5 Å². The standard InChI is InChI=1S/C28H31N3O2/c1-20-12-13-22(3)26(18-20)33-17-16-31-25-11-7-6-10-24(25)30-27(31)14-15-29-28(32)19-23-9-5-4-8-21(23)2/h4-13,18H,14-17,19H2,1-3H3,(H,29,32). The van der Waals surface area contributed by atoms with Crippen LogP contribution in [0.3, 0.4) is 0 Å². The molecule has 3 aromatic carbocycles. The van der Waals surface area contributed by atoms with Crippen LogP contribution in [0, 0.1) is 20.8 Å². The van der Waals surface area contributed by atoms with Gasteiger partial charge in [0.1, 0.15) is 18.2 Å². The molecule has 33 heavy (non-hydrogen) atoms. The molecular weight excluding hydrogens is 410 g/mol. The first-order valence-electron chi connectivity index (χ1n) is 11.5.